The van der Waals surface area contributed by atoms with Gasteiger partial charge in [0.25, 0.3) is 0 Å². The Labute approximate surface area is 107 Å². The number of hydrogen-bond donors (Lipinski definition) is 2. The lowest BCUT2D eigenvalue weighted by atomic mass is 9.96. The monoisotopic (exact) mass is 257 g/mol. The highest BCUT2D eigenvalue weighted by atomic mass is 19.1. The summed E-state index contributed by atoms with van der Waals surface area (Å²) in [6.45, 7) is 5.91. The van der Waals surface area contributed by atoms with Gasteiger partial charge in [0.05, 0.1) is 5.60 Å². The molecule has 0 amide bonds. The summed E-state index contributed by atoms with van der Waals surface area (Å²) in [7, 11) is 0. The minimum Gasteiger partial charge on any atom is -0.389 e. The fourth-order valence-corrected chi connectivity index (χ4v) is 1.80. The molecule has 0 fully saturated rings. The Bertz CT molecular complexity index is 391. The van der Waals surface area contributed by atoms with E-state index in [2.05, 4.69) is 5.32 Å². The molecule has 1 aromatic carbocycles. The summed E-state index contributed by atoms with van der Waals surface area (Å²) < 4.78 is 26.6. The molecule has 4 heteroatoms. The summed E-state index contributed by atoms with van der Waals surface area (Å²) in [6, 6.07) is 3.06. The van der Waals surface area contributed by atoms with Crippen LogP contribution in [0.25, 0.3) is 0 Å². The van der Waals surface area contributed by atoms with Gasteiger partial charge in [-0.25, -0.2) is 8.78 Å². The van der Waals surface area contributed by atoms with E-state index in [1.54, 1.807) is 6.92 Å². The fraction of sp³-hybridized carbons (Fsp3) is 0.571. The van der Waals surface area contributed by atoms with Gasteiger partial charge in [0.15, 0.2) is 0 Å². The molecule has 1 unspecified atom stereocenters. The maximum absolute atomic E-state index is 13.5. The average Bonchev–Trinajstić information content (AvgIpc) is 2.38. The number of rotatable bonds is 6. The summed E-state index contributed by atoms with van der Waals surface area (Å²) in [5.41, 5.74) is -0.512. The quantitative estimate of drug-likeness (QED) is 0.820. The van der Waals surface area contributed by atoms with E-state index in [4.69, 9.17) is 0 Å². The summed E-state index contributed by atoms with van der Waals surface area (Å²) >= 11 is 0. The molecule has 0 bridgehead atoms. The van der Waals surface area contributed by atoms with E-state index in [1.165, 1.54) is 6.07 Å². The van der Waals surface area contributed by atoms with Gasteiger partial charge in [0, 0.05) is 18.2 Å². The van der Waals surface area contributed by atoms with E-state index >= 15 is 0 Å². The van der Waals surface area contributed by atoms with E-state index in [0.717, 1.165) is 12.1 Å². The van der Waals surface area contributed by atoms with E-state index in [0.29, 0.717) is 19.4 Å². The van der Waals surface area contributed by atoms with E-state index in [-0.39, 0.29) is 11.6 Å². The highest BCUT2D eigenvalue weighted by Crippen LogP contribution is 2.20. The molecule has 0 aliphatic heterocycles. The van der Waals surface area contributed by atoms with Crippen molar-refractivity contribution in [1.82, 2.24) is 5.32 Å². The highest BCUT2D eigenvalue weighted by molar-refractivity contribution is 5.21. The minimum absolute atomic E-state index is 0.282. The van der Waals surface area contributed by atoms with Gasteiger partial charge >= 0.3 is 0 Å². The molecular formula is C14H21F2NO. The number of aliphatic hydroxyl groups is 1. The third-order valence-corrected chi connectivity index (χ3v) is 3.48. The van der Waals surface area contributed by atoms with Gasteiger partial charge in [-0.2, -0.15) is 0 Å². The summed E-state index contributed by atoms with van der Waals surface area (Å²) in [5.74, 6) is -0.894. The van der Waals surface area contributed by atoms with Crippen molar-refractivity contribution in [1.29, 1.82) is 0 Å². The van der Waals surface area contributed by atoms with Gasteiger partial charge in [-0.3, -0.25) is 0 Å². The van der Waals surface area contributed by atoms with Crippen LogP contribution in [0.5, 0.6) is 0 Å². The number of hydrogen-bond acceptors (Lipinski definition) is 2. The van der Waals surface area contributed by atoms with Crippen LogP contribution in [0, 0.1) is 11.6 Å². The van der Waals surface area contributed by atoms with Crippen molar-refractivity contribution in [2.45, 2.75) is 45.3 Å². The van der Waals surface area contributed by atoms with E-state index in [1.807, 2.05) is 13.8 Å². The molecule has 0 spiro atoms. The van der Waals surface area contributed by atoms with Crippen molar-refractivity contribution >= 4 is 0 Å². The van der Waals surface area contributed by atoms with Crippen LogP contribution in [0.15, 0.2) is 18.2 Å². The minimum atomic E-state index is -0.794. The molecule has 0 aliphatic rings. The summed E-state index contributed by atoms with van der Waals surface area (Å²) in [4.78, 5) is 0. The molecule has 0 saturated carbocycles. The Morgan fingerprint density at radius 2 is 1.89 bits per heavy atom. The van der Waals surface area contributed by atoms with Crippen LogP contribution in [-0.2, 0) is 0 Å². The van der Waals surface area contributed by atoms with Crippen molar-refractivity contribution in [3.05, 3.63) is 35.4 Å². The number of benzene rings is 1. The Morgan fingerprint density at radius 3 is 2.44 bits per heavy atom. The lowest BCUT2D eigenvalue weighted by Gasteiger charge is -2.27. The lowest BCUT2D eigenvalue weighted by molar-refractivity contribution is 0.0302. The first-order valence-electron chi connectivity index (χ1n) is 6.32. The molecule has 102 valence electrons. The second kappa shape index (κ2) is 6.25. The van der Waals surface area contributed by atoms with Gasteiger partial charge < -0.3 is 10.4 Å². The first-order valence-corrected chi connectivity index (χ1v) is 6.32. The predicted octanol–water partition coefficient (Wildman–Crippen LogP) is 3.17. The average molecular weight is 257 g/mol. The molecule has 2 N–H and O–H groups in total. The number of halogens is 2. The third kappa shape index (κ3) is 3.75. The molecule has 0 radical (unpaired) electrons. The lowest BCUT2D eigenvalue weighted by Crippen LogP contribution is -2.40. The van der Waals surface area contributed by atoms with Crippen LogP contribution in [0.4, 0.5) is 8.78 Å². The van der Waals surface area contributed by atoms with Crippen LogP contribution in [-0.4, -0.2) is 17.3 Å². The Balaban J connectivity index is 2.71. The maximum atomic E-state index is 13.5. The predicted molar refractivity (Wildman–Crippen MR) is 68.3 cm³/mol. The van der Waals surface area contributed by atoms with Gasteiger partial charge in [0.1, 0.15) is 11.6 Å². The zero-order chi connectivity index (χ0) is 13.8. The van der Waals surface area contributed by atoms with Crippen LogP contribution < -0.4 is 5.32 Å². The van der Waals surface area contributed by atoms with Crippen molar-refractivity contribution in [3.63, 3.8) is 0 Å². The molecule has 1 rings (SSSR count). The first kappa shape index (κ1) is 15.1. The molecule has 1 aromatic rings. The highest BCUT2D eigenvalue weighted by Gasteiger charge is 2.23. The molecular weight excluding hydrogens is 236 g/mol. The molecule has 1 atom stereocenters. The third-order valence-electron chi connectivity index (χ3n) is 3.48. The van der Waals surface area contributed by atoms with Crippen molar-refractivity contribution in [3.8, 4) is 0 Å². The molecule has 2 nitrogen and oxygen atoms in total. The van der Waals surface area contributed by atoms with Crippen LogP contribution in [0.3, 0.4) is 0 Å². The van der Waals surface area contributed by atoms with E-state index in [9.17, 15) is 13.9 Å². The van der Waals surface area contributed by atoms with Crippen molar-refractivity contribution < 1.29 is 13.9 Å². The van der Waals surface area contributed by atoms with E-state index < -0.39 is 17.2 Å². The van der Waals surface area contributed by atoms with Crippen LogP contribution in [0.1, 0.15) is 45.2 Å². The van der Waals surface area contributed by atoms with Crippen molar-refractivity contribution in [2.24, 2.45) is 0 Å². The molecule has 0 aromatic heterocycles. The molecule has 0 saturated heterocycles. The van der Waals surface area contributed by atoms with Crippen molar-refractivity contribution in [2.75, 3.05) is 6.54 Å². The normalized spacial score (nSPS) is 13.7. The molecule has 18 heavy (non-hydrogen) atoms. The molecule has 0 aliphatic carbocycles. The number of nitrogens with one attached hydrogen (secondary N) is 1. The molecule has 0 heterocycles. The zero-order valence-electron chi connectivity index (χ0n) is 11.1. The largest absolute Gasteiger partial charge is 0.389 e. The summed E-state index contributed by atoms with van der Waals surface area (Å²) in [6.07, 6.45) is 1.24. The fourth-order valence-electron chi connectivity index (χ4n) is 1.80. The van der Waals surface area contributed by atoms with Crippen LogP contribution >= 0.6 is 0 Å². The Hall–Kier alpha value is -1.00. The van der Waals surface area contributed by atoms with Gasteiger partial charge in [0.2, 0.25) is 0 Å². The zero-order valence-corrected chi connectivity index (χ0v) is 11.1. The van der Waals surface area contributed by atoms with Gasteiger partial charge in [-0.15, -0.1) is 0 Å². The first-order chi connectivity index (χ1) is 8.41. The Morgan fingerprint density at radius 1 is 1.28 bits per heavy atom. The summed E-state index contributed by atoms with van der Waals surface area (Å²) in [5, 5.41) is 13.2. The second-order valence-corrected chi connectivity index (χ2v) is 4.70. The SMILES string of the molecule is CCC(O)(CC)CNC(C)c1cc(F)ccc1F. The maximum Gasteiger partial charge on any atom is 0.128 e. The smallest absolute Gasteiger partial charge is 0.128 e. The second-order valence-electron chi connectivity index (χ2n) is 4.70. The Kier molecular flexibility index (Phi) is 5.23. The van der Waals surface area contributed by atoms with Gasteiger partial charge in [-0.05, 0) is 38.0 Å². The van der Waals surface area contributed by atoms with Gasteiger partial charge in [-0.1, -0.05) is 13.8 Å². The van der Waals surface area contributed by atoms with Crippen LogP contribution in [0.2, 0.25) is 0 Å². The standard InChI is InChI=1S/C14H21F2NO/c1-4-14(18,5-2)9-17-10(3)12-8-11(15)6-7-13(12)16/h6-8,10,17-18H,4-5,9H2,1-3H3. The topological polar surface area (TPSA) is 32.3 Å².